The summed E-state index contributed by atoms with van der Waals surface area (Å²) in [7, 11) is 4.74. The molecule has 11 heteroatoms. The number of nitrogens with one attached hydrogen (secondary N) is 2. The predicted octanol–water partition coefficient (Wildman–Crippen LogP) is 4.58. The first-order chi connectivity index (χ1) is 16.3. The highest BCUT2D eigenvalue weighted by Gasteiger charge is 2.33. The van der Waals surface area contributed by atoms with E-state index in [0.717, 1.165) is 36.2 Å². The van der Waals surface area contributed by atoms with E-state index in [1.807, 2.05) is 30.8 Å². The van der Waals surface area contributed by atoms with Gasteiger partial charge in [-0.1, -0.05) is 0 Å². The zero-order valence-corrected chi connectivity index (χ0v) is 19.2. The number of ether oxygens (including phenoxy) is 1. The minimum atomic E-state index is -0.786. The molecule has 0 bridgehead atoms. The quantitative estimate of drug-likeness (QED) is 0.411. The van der Waals surface area contributed by atoms with Crippen LogP contribution < -0.4 is 15.0 Å². The Kier molecular flexibility index (Phi) is 5.39. The van der Waals surface area contributed by atoms with Crippen molar-refractivity contribution in [2.24, 2.45) is 7.05 Å². The highest BCUT2D eigenvalue weighted by molar-refractivity contribution is 5.73. The summed E-state index contributed by atoms with van der Waals surface area (Å²) < 4.78 is 36.5. The van der Waals surface area contributed by atoms with E-state index in [9.17, 15) is 8.78 Å². The van der Waals surface area contributed by atoms with Gasteiger partial charge >= 0.3 is 0 Å². The molecule has 2 N–H and O–H groups in total. The van der Waals surface area contributed by atoms with E-state index in [1.54, 1.807) is 6.33 Å². The lowest BCUT2D eigenvalue weighted by Gasteiger charge is -2.22. The Morgan fingerprint density at radius 1 is 1.18 bits per heavy atom. The zero-order valence-electron chi connectivity index (χ0n) is 19.2. The Labute approximate surface area is 194 Å². The first kappa shape index (κ1) is 21.8. The molecule has 0 aliphatic heterocycles. The van der Waals surface area contributed by atoms with Crippen LogP contribution >= 0.6 is 0 Å². The van der Waals surface area contributed by atoms with Crippen molar-refractivity contribution in [3.63, 3.8) is 0 Å². The summed E-state index contributed by atoms with van der Waals surface area (Å²) in [4.78, 5) is 15.2. The molecule has 3 heterocycles. The number of aromatic nitrogens is 6. The number of aromatic amines is 1. The van der Waals surface area contributed by atoms with Crippen LogP contribution in [-0.4, -0.2) is 43.9 Å². The SMILES string of the molecule is COc1cc(F)c(N(C)c2nc(Nc3cc(C)[nH]n3)c(C3CC3)c(-c3cn(C)cn3)n2)c(F)c1. The molecule has 0 unspecified atom stereocenters. The normalized spacial score (nSPS) is 13.2. The van der Waals surface area contributed by atoms with E-state index in [1.165, 1.54) is 19.1 Å². The van der Waals surface area contributed by atoms with Crippen LogP contribution in [-0.2, 0) is 7.05 Å². The lowest BCUT2D eigenvalue weighted by Crippen LogP contribution is -2.18. The van der Waals surface area contributed by atoms with Crippen molar-refractivity contribution in [3.8, 4) is 17.1 Å². The number of benzene rings is 1. The Morgan fingerprint density at radius 2 is 1.91 bits per heavy atom. The van der Waals surface area contributed by atoms with Crippen molar-refractivity contribution in [1.29, 1.82) is 0 Å². The average Bonchev–Trinajstić information content (AvgIpc) is 3.42. The van der Waals surface area contributed by atoms with Crippen molar-refractivity contribution in [2.75, 3.05) is 24.4 Å². The molecule has 0 spiro atoms. The lowest BCUT2D eigenvalue weighted by molar-refractivity contribution is 0.407. The topological polar surface area (TPSA) is 96.8 Å². The largest absolute Gasteiger partial charge is 0.497 e. The number of hydrogen-bond donors (Lipinski definition) is 2. The van der Waals surface area contributed by atoms with Crippen molar-refractivity contribution < 1.29 is 13.5 Å². The molecule has 0 atom stereocenters. The molecule has 1 fully saturated rings. The van der Waals surface area contributed by atoms with Crippen LogP contribution in [0.5, 0.6) is 5.75 Å². The van der Waals surface area contributed by atoms with Gasteiger partial charge in [-0.25, -0.2) is 18.7 Å². The summed E-state index contributed by atoms with van der Waals surface area (Å²) in [5.41, 5.74) is 2.78. The first-order valence-electron chi connectivity index (χ1n) is 10.8. The van der Waals surface area contributed by atoms with Crippen molar-refractivity contribution >= 4 is 23.3 Å². The van der Waals surface area contributed by atoms with Gasteiger partial charge in [0.15, 0.2) is 17.5 Å². The summed E-state index contributed by atoms with van der Waals surface area (Å²) in [6.07, 6.45) is 5.53. The van der Waals surface area contributed by atoms with Gasteiger partial charge in [0.2, 0.25) is 5.95 Å². The van der Waals surface area contributed by atoms with E-state index in [0.29, 0.717) is 23.0 Å². The Balaban J connectivity index is 1.68. The summed E-state index contributed by atoms with van der Waals surface area (Å²) in [6, 6.07) is 4.10. The smallest absolute Gasteiger partial charge is 0.232 e. The number of methoxy groups -OCH3 is 1. The second-order valence-electron chi connectivity index (χ2n) is 8.39. The molecule has 4 aromatic rings. The van der Waals surface area contributed by atoms with Crippen LogP contribution in [0.15, 0.2) is 30.7 Å². The lowest BCUT2D eigenvalue weighted by atomic mass is 10.1. The molecule has 0 amide bonds. The third-order valence-electron chi connectivity index (χ3n) is 5.68. The van der Waals surface area contributed by atoms with E-state index in [2.05, 4.69) is 25.5 Å². The summed E-state index contributed by atoms with van der Waals surface area (Å²) >= 11 is 0. The fraction of sp³-hybridized carbons (Fsp3) is 0.304. The van der Waals surface area contributed by atoms with Gasteiger partial charge < -0.3 is 19.5 Å². The number of anilines is 4. The molecule has 176 valence electrons. The van der Waals surface area contributed by atoms with Gasteiger partial charge in [-0.15, -0.1) is 0 Å². The van der Waals surface area contributed by atoms with Crippen LogP contribution in [0.4, 0.5) is 32.1 Å². The van der Waals surface area contributed by atoms with Gasteiger partial charge in [-0.05, 0) is 25.7 Å². The maximum absolute atomic E-state index is 14.9. The second-order valence-corrected chi connectivity index (χ2v) is 8.39. The highest BCUT2D eigenvalue weighted by Crippen LogP contribution is 2.48. The highest BCUT2D eigenvalue weighted by atomic mass is 19.1. The third-order valence-corrected chi connectivity index (χ3v) is 5.68. The van der Waals surface area contributed by atoms with Gasteiger partial charge in [0.05, 0.1) is 13.4 Å². The van der Waals surface area contributed by atoms with E-state index < -0.39 is 11.6 Å². The summed E-state index contributed by atoms with van der Waals surface area (Å²) in [5.74, 6) is -0.00267. The van der Waals surface area contributed by atoms with Gasteiger partial charge in [-0.2, -0.15) is 10.1 Å². The van der Waals surface area contributed by atoms with Gasteiger partial charge in [-0.3, -0.25) is 5.10 Å². The molecule has 1 aliphatic carbocycles. The summed E-state index contributed by atoms with van der Waals surface area (Å²) in [6.45, 7) is 1.90. The maximum Gasteiger partial charge on any atom is 0.232 e. The van der Waals surface area contributed by atoms with Crippen LogP contribution in [0.1, 0.15) is 30.0 Å². The number of hydrogen-bond acceptors (Lipinski definition) is 7. The predicted molar refractivity (Wildman–Crippen MR) is 124 cm³/mol. The number of H-pyrrole nitrogens is 1. The van der Waals surface area contributed by atoms with Crippen LogP contribution in [0.3, 0.4) is 0 Å². The number of halogens is 2. The van der Waals surface area contributed by atoms with Gasteiger partial charge in [0, 0.05) is 49.7 Å². The van der Waals surface area contributed by atoms with Gasteiger partial charge in [0.1, 0.15) is 28.6 Å². The molecule has 9 nitrogen and oxygen atoms in total. The number of aryl methyl sites for hydroxylation is 2. The Morgan fingerprint density at radius 3 is 2.47 bits per heavy atom. The molecule has 1 saturated carbocycles. The zero-order chi connectivity index (χ0) is 24.0. The first-order valence-corrected chi connectivity index (χ1v) is 10.8. The minimum absolute atomic E-state index is 0.0857. The molecule has 3 aromatic heterocycles. The molecule has 0 saturated heterocycles. The molecular weight excluding hydrogens is 442 g/mol. The van der Waals surface area contributed by atoms with Crippen LogP contribution in [0, 0.1) is 18.6 Å². The van der Waals surface area contributed by atoms with Crippen LogP contribution in [0.2, 0.25) is 0 Å². The van der Waals surface area contributed by atoms with E-state index in [4.69, 9.17) is 9.72 Å². The summed E-state index contributed by atoms with van der Waals surface area (Å²) in [5, 5.41) is 10.4. The number of imidazole rings is 1. The Bertz CT molecular complexity index is 1340. The average molecular weight is 466 g/mol. The van der Waals surface area contributed by atoms with Crippen molar-refractivity contribution in [2.45, 2.75) is 25.7 Å². The molecule has 1 aliphatic rings. The third kappa shape index (κ3) is 4.04. The molecule has 5 rings (SSSR count). The fourth-order valence-corrected chi connectivity index (χ4v) is 3.88. The van der Waals surface area contributed by atoms with Crippen molar-refractivity contribution in [1.82, 2.24) is 29.7 Å². The fourth-order valence-electron chi connectivity index (χ4n) is 3.88. The minimum Gasteiger partial charge on any atom is -0.497 e. The van der Waals surface area contributed by atoms with E-state index in [-0.39, 0.29) is 23.3 Å². The second kappa shape index (κ2) is 8.40. The number of rotatable bonds is 7. The standard InChI is InChI=1S/C23H24F2N8O/c1-12-7-18(31-30-12)27-22-19(13-5-6-13)20(17-10-32(2)11-26-17)28-23(29-22)33(3)21-15(24)8-14(34-4)9-16(21)25/h7-11,13H,5-6H2,1-4H3,(H2,27,28,29,30,31). The molecular formula is C23H24F2N8O. The molecule has 1 aromatic carbocycles. The maximum atomic E-state index is 14.9. The van der Waals surface area contributed by atoms with Gasteiger partial charge in [0.25, 0.3) is 0 Å². The molecule has 34 heavy (non-hydrogen) atoms. The van der Waals surface area contributed by atoms with E-state index >= 15 is 0 Å². The Hall–Kier alpha value is -4.02. The molecule has 0 radical (unpaired) electrons. The van der Waals surface area contributed by atoms with Crippen molar-refractivity contribution in [3.05, 3.63) is 53.6 Å². The van der Waals surface area contributed by atoms with Crippen LogP contribution in [0.25, 0.3) is 11.4 Å². The number of nitrogens with zero attached hydrogens (tertiary/aromatic N) is 6. The monoisotopic (exact) mass is 466 g/mol.